The Kier molecular flexibility index (Phi) is 3.73. The van der Waals surface area contributed by atoms with Crippen LogP contribution in [0.4, 0.5) is 4.39 Å². The van der Waals surface area contributed by atoms with E-state index in [9.17, 15) is 9.18 Å². The maximum absolute atomic E-state index is 13.4. The van der Waals surface area contributed by atoms with E-state index in [2.05, 4.69) is 4.89 Å². The monoisotopic (exact) mass is 274 g/mol. The zero-order valence-electron chi connectivity index (χ0n) is 9.65. The van der Waals surface area contributed by atoms with Crippen LogP contribution in [0.2, 0.25) is 5.02 Å². The van der Waals surface area contributed by atoms with Gasteiger partial charge in [-0.25, -0.2) is 9.18 Å². The molecule has 0 saturated heterocycles. The molecule has 0 bridgehead atoms. The number of carbonyl (C=O) groups is 1. The number of benzene rings is 1. The van der Waals surface area contributed by atoms with Crippen molar-refractivity contribution in [2.24, 2.45) is 0 Å². The van der Waals surface area contributed by atoms with Crippen molar-refractivity contribution in [2.75, 3.05) is 0 Å². The maximum atomic E-state index is 13.4. The normalized spacial score (nSPS) is 22.0. The molecule has 1 aliphatic rings. The lowest BCUT2D eigenvalue weighted by Crippen LogP contribution is -2.24. The van der Waals surface area contributed by atoms with Gasteiger partial charge >= 0.3 is 5.97 Å². The molecule has 0 spiro atoms. The van der Waals surface area contributed by atoms with Crippen molar-refractivity contribution in [1.29, 1.82) is 0 Å². The molecule has 98 valence electrons. The van der Waals surface area contributed by atoms with Gasteiger partial charge in [-0.2, -0.15) is 5.26 Å². The van der Waals surface area contributed by atoms with Gasteiger partial charge < -0.3 is 9.62 Å². The summed E-state index contributed by atoms with van der Waals surface area (Å²) in [6.45, 7) is 1.84. The van der Waals surface area contributed by atoms with E-state index < -0.39 is 11.8 Å². The van der Waals surface area contributed by atoms with Crippen LogP contribution in [0.25, 0.3) is 0 Å². The molecule has 0 radical (unpaired) electrons. The van der Waals surface area contributed by atoms with Crippen molar-refractivity contribution in [1.82, 2.24) is 0 Å². The van der Waals surface area contributed by atoms with Crippen LogP contribution in [0.15, 0.2) is 12.1 Å². The minimum Gasteiger partial charge on any atom is -0.490 e. The highest BCUT2D eigenvalue weighted by Gasteiger charge is 2.29. The average Bonchev–Trinajstić information content (AvgIpc) is 2.31. The van der Waals surface area contributed by atoms with Crippen molar-refractivity contribution in [3.63, 3.8) is 0 Å². The molecule has 2 atom stereocenters. The smallest absolute Gasteiger partial charge is 0.342 e. The Bertz CT molecular complexity index is 477. The summed E-state index contributed by atoms with van der Waals surface area (Å²) in [6, 6.07) is 2.66. The lowest BCUT2D eigenvalue weighted by molar-refractivity contribution is -0.234. The molecule has 0 aliphatic carbocycles. The highest BCUT2D eigenvalue weighted by Crippen LogP contribution is 2.40. The molecule has 2 rings (SSSR count). The van der Waals surface area contributed by atoms with Gasteiger partial charge in [-0.3, -0.25) is 0 Å². The van der Waals surface area contributed by atoms with E-state index in [4.69, 9.17) is 21.6 Å². The standard InChI is InChI=1S/C12H12ClFO4/c1-6-2-7(3-12(15)18-16)8-4-10(14)9(13)5-11(8)17-6/h4-7,16H,2-3H2,1H3. The first-order valence-corrected chi connectivity index (χ1v) is 5.89. The van der Waals surface area contributed by atoms with Crippen LogP contribution in [0.5, 0.6) is 5.75 Å². The van der Waals surface area contributed by atoms with Gasteiger partial charge in [-0.15, -0.1) is 0 Å². The van der Waals surface area contributed by atoms with Crippen LogP contribution in [0.1, 0.15) is 31.2 Å². The van der Waals surface area contributed by atoms with Crippen LogP contribution >= 0.6 is 11.6 Å². The van der Waals surface area contributed by atoms with Gasteiger partial charge in [0.25, 0.3) is 0 Å². The number of hydrogen-bond acceptors (Lipinski definition) is 4. The molecule has 6 heteroatoms. The minimum absolute atomic E-state index is 0.0219. The molecule has 0 amide bonds. The largest absolute Gasteiger partial charge is 0.490 e. The molecule has 0 aromatic heterocycles. The Balaban J connectivity index is 2.35. The summed E-state index contributed by atoms with van der Waals surface area (Å²) in [7, 11) is 0. The third-order valence-corrected chi connectivity index (χ3v) is 3.24. The van der Waals surface area contributed by atoms with E-state index in [1.165, 1.54) is 12.1 Å². The summed E-state index contributed by atoms with van der Waals surface area (Å²) in [6.07, 6.45) is 0.400. The maximum Gasteiger partial charge on any atom is 0.342 e. The molecule has 1 aromatic carbocycles. The number of ether oxygens (including phenoxy) is 1. The lowest BCUT2D eigenvalue weighted by Gasteiger charge is -2.30. The molecule has 1 N–H and O–H groups in total. The summed E-state index contributed by atoms with van der Waals surface area (Å²) in [5.74, 6) is -1.10. The first kappa shape index (κ1) is 13.1. The molecule has 4 nitrogen and oxygen atoms in total. The third-order valence-electron chi connectivity index (χ3n) is 2.95. The predicted molar refractivity (Wildman–Crippen MR) is 62.2 cm³/mol. The lowest BCUT2D eigenvalue weighted by atomic mass is 9.87. The minimum atomic E-state index is -0.754. The molecule has 2 unspecified atom stereocenters. The van der Waals surface area contributed by atoms with Gasteiger partial charge in [-0.05, 0) is 19.4 Å². The van der Waals surface area contributed by atoms with Gasteiger partial charge in [0, 0.05) is 17.5 Å². The average molecular weight is 275 g/mol. The van der Waals surface area contributed by atoms with Gasteiger partial charge in [0.2, 0.25) is 0 Å². The molecule has 1 aromatic rings. The Morgan fingerprint density at radius 2 is 2.39 bits per heavy atom. The number of hydrogen-bond donors (Lipinski definition) is 1. The number of rotatable bonds is 2. The van der Waals surface area contributed by atoms with Crippen LogP contribution in [-0.2, 0) is 9.68 Å². The fourth-order valence-electron chi connectivity index (χ4n) is 2.19. The van der Waals surface area contributed by atoms with Gasteiger partial charge in [0.05, 0.1) is 17.5 Å². The molecule has 1 heterocycles. The van der Waals surface area contributed by atoms with Gasteiger partial charge in [0.15, 0.2) is 0 Å². The zero-order valence-corrected chi connectivity index (χ0v) is 10.4. The molecule has 1 aliphatic heterocycles. The first-order valence-electron chi connectivity index (χ1n) is 5.51. The van der Waals surface area contributed by atoms with Crippen molar-refractivity contribution >= 4 is 17.6 Å². The van der Waals surface area contributed by atoms with E-state index in [-0.39, 0.29) is 23.5 Å². The van der Waals surface area contributed by atoms with E-state index in [0.717, 1.165) is 0 Å². The Labute approximate surface area is 108 Å². The molecule has 0 fully saturated rings. The zero-order chi connectivity index (χ0) is 13.3. The van der Waals surface area contributed by atoms with Crippen LogP contribution in [0.3, 0.4) is 0 Å². The second kappa shape index (κ2) is 5.12. The summed E-state index contributed by atoms with van der Waals surface area (Å²) in [5.41, 5.74) is 0.570. The number of carbonyl (C=O) groups excluding carboxylic acids is 1. The van der Waals surface area contributed by atoms with Crippen LogP contribution < -0.4 is 4.74 Å². The Hall–Kier alpha value is -1.33. The second-order valence-electron chi connectivity index (χ2n) is 4.33. The quantitative estimate of drug-likeness (QED) is 0.665. The molecule has 0 saturated carbocycles. The topological polar surface area (TPSA) is 55.8 Å². The summed E-state index contributed by atoms with van der Waals surface area (Å²) in [4.78, 5) is 14.8. The van der Waals surface area contributed by atoms with E-state index in [1.807, 2.05) is 6.92 Å². The predicted octanol–water partition coefficient (Wildman–Crippen LogP) is 3.14. The van der Waals surface area contributed by atoms with Crippen molar-refractivity contribution in [3.8, 4) is 5.75 Å². The number of halogens is 2. The molecule has 18 heavy (non-hydrogen) atoms. The third kappa shape index (κ3) is 2.57. The Morgan fingerprint density at radius 3 is 3.06 bits per heavy atom. The van der Waals surface area contributed by atoms with Crippen LogP contribution in [-0.4, -0.2) is 17.3 Å². The Morgan fingerprint density at radius 1 is 1.67 bits per heavy atom. The second-order valence-corrected chi connectivity index (χ2v) is 4.74. The van der Waals surface area contributed by atoms with Crippen molar-refractivity contribution in [3.05, 3.63) is 28.5 Å². The SMILES string of the molecule is CC1CC(CC(=O)OO)c2cc(F)c(Cl)cc2O1. The molecular weight excluding hydrogens is 263 g/mol. The number of fused-ring (bicyclic) bond motifs is 1. The van der Waals surface area contributed by atoms with E-state index >= 15 is 0 Å². The van der Waals surface area contributed by atoms with Gasteiger partial charge in [-0.1, -0.05) is 11.6 Å². The molecular formula is C12H12ClFO4. The van der Waals surface area contributed by atoms with E-state index in [0.29, 0.717) is 17.7 Å². The highest BCUT2D eigenvalue weighted by molar-refractivity contribution is 6.30. The van der Waals surface area contributed by atoms with Gasteiger partial charge in [0.1, 0.15) is 11.6 Å². The van der Waals surface area contributed by atoms with Crippen molar-refractivity contribution in [2.45, 2.75) is 31.8 Å². The fourth-order valence-corrected chi connectivity index (χ4v) is 2.34. The summed E-state index contributed by atoms with van der Waals surface area (Å²) < 4.78 is 19.0. The van der Waals surface area contributed by atoms with E-state index in [1.54, 1.807) is 0 Å². The van der Waals surface area contributed by atoms with Crippen molar-refractivity contribution < 1.29 is 24.1 Å². The first-order chi connectivity index (χ1) is 8.51. The highest BCUT2D eigenvalue weighted by atomic mass is 35.5. The van der Waals surface area contributed by atoms with Crippen LogP contribution in [0, 0.1) is 5.82 Å². The summed E-state index contributed by atoms with van der Waals surface area (Å²) >= 11 is 5.69. The fraction of sp³-hybridized carbons (Fsp3) is 0.417. The summed E-state index contributed by atoms with van der Waals surface area (Å²) in [5, 5.41) is 8.28.